The summed E-state index contributed by atoms with van der Waals surface area (Å²) in [6, 6.07) is 6.21. The van der Waals surface area contributed by atoms with E-state index in [1.54, 1.807) is 11.0 Å². The zero-order valence-corrected chi connectivity index (χ0v) is 20.5. The van der Waals surface area contributed by atoms with Gasteiger partial charge in [-0.25, -0.2) is 0 Å². The molecule has 1 aliphatic heterocycles. The molecule has 6 nitrogen and oxygen atoms in total. The highest BCUT2D eigenvalue weighted by molar-refractivity contribution is 5.90. The summed E-state index contributed by atoms with van der Waals surface area (Å²) in [5.74, 6) is -1.31. The minimum absolute atomic E-state index is 0.0125. The molecule has 36 heavy (non-hydrogen) atoms. The summed E-state index contributed by atoms with van der Waals surface area (Å²) in [5.41, 5.74) is -0.425. The predicted octanol–water partition coefficient (Wildman–Crippen LogP) is 5.83. The van der Waals surface area contributed by atoms with Crippen LogP contribution in [-0.4, -0.2) is 48.2 Å². The molecule has 0 radical (unpaired) electrons. The Morgan fingerprint density at radius 3 is 2.28 bits per heavy atom. The van der Waals surface area contributed by atoms with Gasteiger partial charge in [-0.15, -0.1) is 0 Å². The largest absolute Gasteiger partial charge is 0.490 e. The van der Waals surface area contributed by atoms with Crippen LogP contribution in [0.1, 0.15) is 62.6 Å². The minimum Gasteiger partial charge on any atom is -0.490 e. The number of benzene rings is 2. The van der Waals surface area contributed by atoms with Crippen molar-refractivity contribution in [2.45, 2.75) is 63.8 Å². The van der Waals surface area contributed by atoms with Crippen LogP contribution >= 0.6 is 0 Å². The van der Waals surface area contributed by atoms with E-state index < -0.39 is 23.8 Å². The molecule has 1 heterocycles. The molecule has 2 aliphatic rings. The van der Waals surface area contributed by atoms with Gasteiger partial charge in [0.05, 0.1) is 19.1 Å². The average molecular weight is 508 g/mol. The lowest BCUT2D eigenvalue weighted by atomic mass is 9.89. The summed E-state index contributed by atoms with van der Waals surface area (Å²) in [6.45, 7) is 2.88. The van der Waals surface area contributed by atoms with Crippen LogP contribution in [0.2, 0.25) is 0 Å². The topological polar surface area (TPSA) is 76.1 Å². The molecule has 196 valence electrons. The van der Waals surface area contributed by atoms with E-state index in [9.17, 15) is 27.9 Å². The van der Waals surface area contributed by atoms with Gasteiger partial charge in [-0.05, 0) is 72.9 Å². The standard InChI is InChI=1S/C27H32F3NO5/c1-16-3-7-20(8-4-16)36-22-10-6-18-15-19(5-9-21(18)23(22)27(28,29)30)24(25(32)33)31-13-11-17(12-14-31)26(34)35-2/h5-6,9-10,15-17,20,24H,3-4,7-8,11-14H2,1-2H3,(H,32,33)/t16-,20+,24?. The number of hydrogen-bond donors (Lipinski definition) is 1. The fourth-order valence-corrected chi connectivity index (χ4v) is 5.49. The number of methoxy groups -OCH3 is 1. The van der Waals surface area contributed by atoms with Crippen LogP contribution in [0.3, 0.4) is 0 Å². The Balaban J connectivity index is 1.63. The lowest BCUT2D eigenvalue weighted by molar-refractivity contribution is -0.148. The third kappa shape index (κ3) is 5.61. The first-order valence-corrected chi connectivity index (χ1v) is 12.4. The zero-order valence-electron chi connectivity index (χ0n) is 20.5. The summed E-state index contributed by atoms with van der Waals surface area (Å²) in [5, 5.41) is 10.3. The monoisotopic (exact) mass is 507 g/mol. The molecule has 1 saturated heterocycles. The first-order chi connectivity index (χ1) is 17.1. The van der Waals surface area contributed by atoms with Gasteiger partial charge >= 0.3 is 18.1 Å². The van der Waals surface area contributed by atoms with E-state index >= 15 is 0 Å². The minimum atomic E-state index is -4.62. The van der Waals surface area contributed by atoms with E-state index in [1.165, 1.54) is 31.4 Å². The second kappa shape index (κ2) is 10.7. The van der Waals surface area contributed by atoms with E-state index in [0.29, 0.717) is 42.8 Å². The van der Waals surface area contributed by atoms with Crippen molar-refractivity contribution in [1.29, 1.82) is 0 Å². The second-order valence-corrected chi connectivity index (χ2v) is 9.99. The van der Waals surface area contributed by atoms with Gasteiger partial charge in [0.1, 0.15) is 17.4 Å². The number of carbonyl (C=O) groups is 2. The first-order valence-electron chi connectivity index (χ1n) is 12.4. The highest BCUT2D eigenvalue weighted by atomic mass is 19.4. The van der Waals surface area contributed by atoms with Crippen molar-refractivity contribution in [2.75, 3.05) is 20.2 Å². The summed E-state index contributed by atoms with van der Waals surface area (Å²) < 4.78 is 53.2. The molecule has 0 aromatic heterocycles. The fraction of sp³-hybridized carbons (Fsp3) is 0.556. The molecule has 2 fully saturated rings. The van der Waals surface area contributed by atoms with E-state index in [4.69, 9.17) is 9.47 Å². The van der Waals surface area contributed by atoms with Gasteiger partial charge in [-0.2, -0.15) is 13.2 Å². The molecule has 0 amide bonds. The van der Waals surface area contributed by atoms with E-state index in [1.807, 2.05) is 0 Å². The van der Waals surface area contributed by atoms with Gasteiger partial charge < -0.3 is 14.6 Å². The molecule has 2 aromatic carbocycles. The zero-order chi connectivity index (χ0) is 26.0. The summed E-state index contributed by atoms with van der Waals surface area (Å²) in [7, 11) is 1.32. The van der Waals surface area contributed by atoms with Crippen LogP contribution in [0.15, 0.2) is 30.3 Å². The second-order valence-electron chi connectivity index (χ2n) is 9.99. The third-order valence-corrected chi connectivity index (χ3v) is 7.52. The molecule has 2 aromatic rings. The van der Waals surface area contributed by atoms with Crippen molar-refractivity contribution in [3.05, 3.63) is 41.5 Å². The Hall–Kier alpha value is -2.81. The van der Waals surface area contributed by atoms with E-state index in [-0.39, 0.29) is 29.1 Å². The van der Waals surface area contributed by atoms with Crippen LogP contribution in [0.25, 0.3) is 10.8 Å². The third-order valence-electron chi connectivity index (χ3n) is 7.52. The predicted molar refractivity (Wildman–Crippen MR) is 128 cm³/mol. The summed E-state index contributed by atoms with van der Waals surface area (Å²) in [6.07, 6.45) is -0.646. The van der Waals surface area contributed by atoms with Crippen LogP contribution < -0.4 is 4.74 Å². The quantitative estimate of drug-likeness (QED) is 0.496. The van der Waals surface area contributed by atoms with Crippen molar-refractivity contribution in [3.8, 4) is 5.75 Å². The normalized spacial score (nSPS) is 22.8. The molecular formula is C27H32F3NO5. The lowest BCUT2D eigenvalue weighted by Gasteiger charge is -2.35. The maximum Gasteiger partial charge on any atom is 0.420 e. The number of carboxylic acid groups (broad SMARTS) is 1. The SMILES string of the molecule is COC(=O)C1CCN(C(C(=O)O)c2ccc3c(C(F)(F)F)c(O[C@H]4CC[C@@H](C)CC4)ccc3c2)CC1. The van der Waals surface area contributed by atoms with Crippen molar-refractivity contribution in [3.63, 3.8) is 0 Å². The molecule has 1 N–H and O–H groups in total. The number of ether oxygens (including phenoxy) is 2. The Bertz CT molecular complexity index is 1100. The highest BCUT2D eigenvalue weighted by Crippen LogP contribution is 2.43. The van der Waals surface area contributed by atoms with Crippen LogP contribution in [0, 0.1) is 11.8 Å². The number of halogens is 3. The molecule has 0 bridgehead atoms. The number of hydrogen-bond acceptors (Lipinski definition) is 5. The van der Waals surface area contributed by atoms with Crippen LogP contribution in [0.4, 0.5) is 13.2 Å². The maximum atomic E-state index is 14.2. The Kier molecular flexibility index (Phi) is 7.78. The number of rotatable bonds is 6. The first kappa shape index (κ1) is 26.3. The Morgan fingerprint density at radius 1 is 1.03 bits per heavy atom. The number of fused-ring (bicyclic) bond motifs is 1. The molecule has 1 atom stereocenters. The number of alkyl halides is 3. The van der Waals surface area contributed by atoms with Gasteiger partial charge in [-0.3, -0.25) is 14.5 Å². The number of esters is 1. The Morgan fingerprint density at radius 2 is 1.69 bits per heavy atom. The molecular weight excluding hydrogens is 475 g/mol. The van der Waals surface area contributed by atoms with Crippen molar-refractivity contribution < 1.29 is 37.3 Å². The van der Waals surface area contributed by atoms with Gasteiger partial charge in [0.15, 0.2) is 0 Å². The molecule has 4 rings (SSSR count). The average Bonchev–Trinajstić information content (AvgIpc) is 2.84. The number of carbonyl (C=O) groups excluding carboxylic acids is 1. The molecule has 0 spiro atoms. The molecule has 9 heteroatoms. The molecule has 1 aliphatic carbocycles. The van der Waals surface area contributed by atoms with E-state index in [0.717, 1.165) is 25.7 Å². The maximum absolute atomic E-state index is 14.2. The number of carboxylic acids is 1. The van der Waals surface area contributed by atoms with Crippen LogP contribution in [-0.2, 0) is 20.5 Å². The van der Waals surface area contributed by atoms with Gasteiger partial charge in [0.25, 0.3) is 0 Å². The van der Waals surface area contributed by atoms with Gasteiger partial charge in [0, 0.05) is 13.1 Å². The fourth-order valence-electron chi connectivity index (χ4n) is 5.49. The van der Waals surface area contributed by atoms with E-state index in [2.05, 4.69) is 6.92 Å². The van der Waals surface area contributed by atoms with Crippen molar-refractivity contribution in [1.82, 2.24) is 4.90 Å². The number of piperidine rings is 1. The smallest absolute Gasteiger partial charge is 0.420 e. The molecule has 1 saturated carbocycles. The summed E-state index contributed by atoms with van der Waals surface area (Å²) >= 11 is 0. The lowest BCUT2D eigenvalue weighted by Crippen LogP contribution is -2.41. The molecule has 1 unspecified atom stereocenters. The summed E-state index contributed by atoms with van der Waals surface area (Å²) in [4.78, 5) is 25.8. The highest BCUT2D eigenvalue weighted by Gasteiger charge is 2.38. The number of likely N-dealkylation sites (tertiary alicyclic amines) is 1. The van der Waals surface area contributed by atoms with Gasteiger partial charge in [0.2, 0.25) is 0 Å². The number of nitrogens with zero attached hydrogens (tertiary/aromatic N) is 1. The Labute approximate surface area is 208 Å². The van der Waals surface area contributed by atoms with Crippen molar-refractivity contribution >= 4 is 22.7 Å². The van der Waals surface area contributed by atoms with Crippen molar-refractivity contribution in [2.24, 2.45) is 11.8 Å². The van der Waals surface area contributed by atoms with Gasteiger partial charge in [-0.1, -0.05) is 25.1 Å². The van der Waals surface area contributed by atoms with Crippen LogP contribution in [0.5, 0.6) is 5.75 Å². The number of aliphatic carboxylic acids is 1.